The highest BCUT2D eigenvalue weighted by atomic mass is 16.2. The number of carbonyl (C=O) groups is 2. The quantitative estimate of drug-likeness (QED) is 0.342. The Morgan fingerprint density at radius 2 is 1.85 bits per heavy atom. The fourth-order valence-corrected chi connectivity index (χ4v) is 3.70. The van der Waals surface area contributed by atoms with Crippen molar-refractivity contribution in [2.75, 3.05) is 0 Å². The van der Waals surface area contributed by atoms with Crippen molar-refractivity contribution in [1.82, 2.24) is 25.2 Å². The predicted molar refractivity (Wildman–Crippen MR) is 125 cm³/mol. The molecule has 170 valence electrons. The van der Waals surface area contributed by atoms with Gasteiger partial charge in [-0.05, 0) is 51.0 Å². The summed E-state index contributed by atoms with van der Waals surface area (Å²) in [4.78, 5) is 37.8. The number of hydrazine groups is 1. The smallest absolute Gasteiger partial charge is 0.290 e. The average molecular weight is 447 g/mol. The topological polar surface area (TPSA) is 122 Å². The molecule has 33 heavy (non-hydrogen) atoms. The second-order valence-corrected chi connectivity index (χ2v) is 7.57. The monoisotopic (exact) mass is 446 g/mol. The number of aromatic nitrogens is 3. The maximum atomic E-state index is 12.8. The SMILES string of the molecule is CCCn1c(C)cc(/C=C(\C#N)C(=O)NNC(=O)c2nn(CC)c(=O)c3ccccc23)c1C. The van der Waals surface area contributed by atoms with Crippen LogP contribution in [-0.4, -0.2) is 26.2 Å². The summed E-state index contributed by atoms with van der Waals surface area (Å²) in [5.41, 5.74) is 6.88. The van der Waals surface area contributed by atoms with Gasteiger partial charge in [0.05, 0.1) is 5.39 Å². The van der Waals surface area contributed by atoms with Crippen molar-refractivity contribution in [2.45, 2.75) is 47.2 Å². The highest BCUT2D eigenvalue weighted by Gasteiger charge is 2.18. The molecule has 0 aliphatic rings. The number of nitrogens with zero attached hydrogens (tertiary/aromatic N) is 4. The molecule has 2 aromatic heterocycles. The molecular formula is C24H26N6O3. The van der Waals surface area contributed by atoms with Gasteiger partial charge in [0, 0.05) is 29.9 Å². The first-order chi connectivity index (χ1) is 15.8. The number of aryl methyl sites for hydroxylation is 2. The van der Waals surface area contributed by atoms with Gasteiger partial charge in [0.25, 0.3) is 17.4 Å². The van der Waals surface area contributed by atoms with E-state index in [-0.39, 0.29) is 23.4 Å². The molecule has 9 heteroatoms. The van der Waals surface area contributed by atoms with Gasteiger partial charge in [-0.25, -0.2) is 4.68 Å². The van der Waals surface area contributed by atoms with Crippen LogP contribution in [0.4, 0.5) is 0 Å². The summed E-state index contributed by atoms with van der Waals surface area (Å²) in [5.74, 6) is -1.44. The number of nitriles is 1. The molecule has 0 aliphatic carbocycles. The maximum absolute atomic E-state index is 12.8. The zero-order chi connectivity index (χ0) is 24.1. The van der Waals surface area contributed by atoms with Crippen LogP contribution in [0.25, 0.3) is 16.8 Å². The fraction of sp³-hybridized carbons (Fsp3) is 0.292. The van der Waals surface area contributed by atoms with E-state index in [1.54, 1.807) is 31.2 Å². The van der Waals surface area contributed by atoms with E-state index in [0.29, 0.717) is 10.8 Å². The summed E-state index contributed by atoms with van der Waals surface area (Å²) < 4.78 is 3.31. The molecule has 0 unspecified atom stereocenters. The minimum Gasteiger partial charge on any atom is -0.349 e. The Bertz CT molecular complexity index is 1360. The third-order valence-corrected chi connectivity index (χ3v) is 5.40. The van der Waals surface area contributed by atoms with Crippen molar-refractivity contribution in [3.63, 3.8) is 0 Å². The number of hydrogen-bond donors (Lipinski definition) is 2. The third-order valence-electron chi connectivity index (χ3n) is 5.40. The Balaban J connectivity index is 1.83. The molecule has 0 aliphatic heterocycles. The third kappa shape index (κ3) is 4.70. The number of rotatable bonds is 6. The number of amides is 2. The molecule has 3 aromatic rings. The van der Waals surface area contributed by atoms with Crippen molar-refractivity contribution in [3.05, 3.63) is 68.9 Å². The summed E-state index contributed by atoms with van der Waals surface area (Å²) in [6.07, 6.45) is 2.46. The van der Waals surface area contributed by atoms with Gasteiger partial charge in [-0.3, -0.25) is 25.2 Å². The molecular weight excluding hydrogens is 420 g/mol. The van der Waals surface area contributed by atoms with Crippen LogP contribution in [0.5, 0.6) is 0 Å². The predicted octanol–water partition coefficient (Wildman–Crippen LogP) is 2.61. The second-order valence-electron chi connectivity index (χ2n) is 7.57. The van der Waals surface area contributed by atoms with Gasteiger partial charge in [-0.2, -0.15) is 10.4 Å². The van der Waals surface area contributed by atoms with E-state index in [2.05, 4.69) is 27.4 Å². The van der Waals surface area contributed by atoms with E-state index in [1.807, 2.05) is 26.0 Å². The molecule has 0 radical (unpaired) electrons. The van der Waals surface area contributed by atoms with Gasteiger partial charge in [0.1, 0.15) is 11.6 Å². The number of hydrogen-bond acceptors (Lipinski definition) is 5. The minimum absolute atomic E-state index is 0.00190. The minimum atomic E-state index is -0.751. The number of benzene rings is 1. The van der Waals surface area contributed by atoms with E-state index in [0.717, 1.165) is 29.9 Å². The molecule has 1 aromatic carbocycles. The maximum Gasteiger partial charge on any atom is 0.290 e. The number of nitrogens with one attached hydrogen (secondary N) is 2. The average Bonchev–Trinajstić information content (AvgIpc) is 3.08. The summed E-state index contributed by atoms with van der Waals surface area (Å²) >= 11 is 0. The summed E-state index contributed by atoms with van der Waals surface area (Å²) in [5, 5.41) is 14.4. The van der Waals surface area contributed by atoms with Crippen LogP contribution < -0.4 is 16.4 Å². The molecule has 0 saturated heterocycles. The zero-order valence-electron chi connectivity index (χ0n) is 19.1. The number of carbonyl (C=O) groups excluding carboxylic acids is 2. The van der Waals surface area contributed by atoms with Crippen LogP contribution in [0.2, 0.25) is 0 Å². The van der Waals surface area contributed by atoms with Gasteiger partial charge in [0.2, 0.25) is 0 Å². The Hall–Kier alpha value is -4.19. The lowest BCUT2D eigenvalue weighted by molar-refractivity contribution is -0.117. The van der Waals surface area contributed by atoms with Crippen LogP contribution in [0.15, 0.2) is 40.7 Å². The highest BCUT2D eigenvalue weighted by Crippen LogP contribution is 2.19. The van der Waals surface area contributed by atoms with Gasteiger partial charge in [-0.1, -0.05) is 25.1 Å². The van der Waals surface area contributed by atoms with E-state index in [4.69, 9.17) is 0 Å². The molecule has 9 nitrogen and oxygen atoms in total. The summed E-state index contributed by atoms with van der Waals surface area (Å²) in [6.45, 7) is 8.86. The van der Waals surface area contributed by atoms with Gasteiger partial charge in [-0.15, -0.1) is 0 Å². The van der Waals surface area contributed by atoms with Crippen LogP contribution in [-0.2, 0) is 17.9 Å². The Morgan fingerprint density at radius 1 is 1.15 bits per heavy atom. The highest BCUT2D eigenvalue weighted by molar-refractivity contribution is 6.07. The van der Waals surface area contributed by atoms with E-state index in [1.165, 1.54) is 10.8 Å². The first-order valence-electron chi connectivity index (χ1n) is 10.7. The van der Waals surface area contributed by atoms with Crippen LogP contribution >= 0.6 is 0 Å². The largest absolute Gasteiger partial charge is 0.349 e. The molecule has 0 bridgehead atoms. The van der Waals surface area contributed by atoms with E-state index in [9.17, 15) is 19.6 Å². The van der Waals surface area contributed by atoms with Crippen LogP contribution in [0.1, 0.15) is 47.7 Å². The van der Waals surface area contributed by atoms with Gasteiger partial charge >= 0.3 is 0 Å². The molecule has 0 atom stereocenters. The van der Waals surface area contributed by atoms with Crippen molar-refractivity contribution in [1.29, 1.82) is 5.26 Å². The molecule has 3 rings (SSSR count). The Kier molecular flexibility index (Phi) is 7.08. The van der Waals surface area contributed by atoms with E-state index >= 15 is 0 Å². The van der Waals surface area contributed by atoms with E-state index < -0.39 is 11.8 Å². The van der Waals surface area contributed by atoms with Crippen molar-refractivity contribution < 1.29 is 9.59 Å². The molecule has 0 fully saturated rings. The second kappa shape index (κ2) is 9.96. The zero-order valence-corrected chi connectivity index (χ0v) is 19.1. The van der Waals surface area contributed by atoms with Crippen LogP contribution in [0, 0.1) is 25.2 Å². The van der Waals surface area contributed by atoms with Crippen molar-refractivity contribution >= 4 is 28.7 Å². The lowest BCUT2D eigenvalue weighted by Crippen LogP contribution is -2.43. The lowest BCUT2D eigenvalue weighted by atomic mass is 10.1. The molecule has 2 N–H and O–H groups in total. The molecule has 0 spiro atoms. The normalized spacial score (nSPS) is 11.3. The van der Waals surface area contributed by atoms with Crippen molar-refractivity contribution in [2.24, 2.45) is 0 Å². The lowest BCUT2D eigenvalue weighted by Gasteiger charge is -2.10. The van der Waals surface area contributed by atoms with Gasteiger partial charge in [0.15, 0.2) is 5.69 Å². The summed E-state index contributed by atoms with van der Waals surface area (Å²) in [7, 11) is 0. The Morgan fingerprint density at radius 3 is 2.48 bits per heavy atom. The van der Waals surface area contributed by atoms with Gasteiger partial charge < -0.3 is 4.57 Å². The number of fused-ring (bicyclic) bond motifs is 1. The first-order valence-corrected chi connectivity index (χ1v) is 10.7. The van der Waals surface area contributed by atoms with Crippen LogP contribution in [0.3, 0.4) is 0 Å². The molecule has 2 amide bonds. The molecule has 0 saturated carbocycles. The molecule has 2 heterocycles. The Labute approximate surface area is 191 Å². The first kappa shape index (κ1) is 23.5. The standard InChI is InChI=1S/C24H26N6O3/c1-5-11-29-15(3)12-17(16(29)4)13-18(14-25)22(31)26-27-23(32)21-19-9-7-8-10-20(19)24(33)30(6-2)28-21/h7-10,12-13H,5-6,11H2,1-4H3,(H,26,31)(H,27,32)/b18-13+. The summed E-state index contributed by atoms with van der Waals surface area (Å²) in [6, 6.07) is 10.4. The fourth-order valence-electron chi connectivity index (χ4n) is 3.70. The van der Waals surface area contributed by atoms with Crippen molar-refractivity contribution in [3.8, 4) is 6.07 Å².